The van der Waals surface area contributed by atoms with Gasteiger partial charge in [0.15, 0.2) is 12.4 Å². The molecule has 3 aromatic rings. The van der Waals surface area contributed by atoms with Gasteiger partial charge in [0, 0.05) is 23.3 Å². The van der Waals surface area contributed by atoms with Gasteiger partial charge in [-0.2, -0.15) is 0 Å². The van der Waals surface area contributed by atoms with Crippen LogP contribution in [0.3, 0.4) is 0 Å². The van der Waals surface area contributed by atoms with Gasteiger partial charge in [-0.15, -0.1) is 0 Å². The molecule has 0 spiro atoms. The van der Waals surface area contributed by atoms with Crippen molar-refractivity contribution in [2.45, 2.75) is 6.92 Å². The number of benzene rings is 1. The van der Waals surface area contributed by atoms with Gasteiger partial charge in [-0.25, -0.2) is 4.57 Å². The molecular formula is C16H15N2+. The molecule has 2 heterocycles. The van der Waals surface area contributed by atoms with Gasteiger partial charge >= 0.3 is 0 Å². The Kier molecular flexibility index (Phi) is 2.56. The maximum absolute atomic E-state index is 4.06. The Hall–Kier alpha value is -2.22. The zero-order valence-electron chi connectivity index (χ0n) is 10.6. The van der Waals surface area contributed by atoms with Crippen LogP contribution in [0.25, 0.3) is 21.9 Å². The third kappa shape index (κ3) is 1.86. The molecule has 18 heavy (non-hydrogen) atoms. The monoisotopic (exact) mass is 235 g/mol. The SMILES string of the molecule is Cc1c[n+](C)cc2cc(-c3ccncc3)ccc12. The minimum Gasteiger partial charge on any atom is -0.265 e. The van der Waals surface area contributed by atoms with Crippen LogP contribution in [0.1, 0.15) is 5.56 Å². The normalized spacial score (nSPS) is 10.8. The Morgan fingerprint density at radius 2 is 1.72 bits per heavy atom. The van der Waals surface area contributed by atoms with E-state index in [2.05, 4.69) is 54.1 Å². The highest BCUT2D eigenvalue weighted by Gasteiger charge is 2.05. The van der Waals surface area contributed by atoms with Crippen LogP contribution in [0.2, 0.25) is 0 Å². The standard InChI is InChI=1S/C16H15N2/c1-12-10-18(2)11-15-9-14(3-4-16(12)15)13-5-7-17-8-6-13/h3-11H,1-2H3/q+1. The van der Waals surface area contributed by atoms with E-state index in [0.717, 1.165) is 0 Å². The summed E-state index contributed by atoms with van der Waals surface area (Å²) in [7, 11) is 2.06. The maximum atomic E-state index is 4.06. The Bertz CT molecular complexity index is 703. The summed E-state index contributed by atoms with van der Waals surface area (Å²) in [5.41, 5.74) is 3.74. The van der Waals surface area contributed by atoms with Crippen molar-refractivity contribution in [3.05, 3.63) is 60.7 Å². The first-order valence-corrected chi connectivity index (χ1v) is 6.04. The fourth-order valence-corrected chi connectivity index (χ4v) is 2.38. The molecule has 1 aromatic carbocycles. The number of aryl methyl sites for hydroxylation is 2. The van der Waals surface area contributed by atoms with Crippen LogP contribution >= 0.6 is 0 Å². The third-order valence-electron chi connectivity index (χ3n) is 3.23. The van der Waals surface area contributed by atoms with E-state index in [0.29, 0.717) is 0 Å². The van der Waals surface area contributed by atoms with Crippen LogP contribution in [-0.2, 0) is 7.05 Å². The fourth-order valence-electron chi connectivity index (χ4n) is 2.38. The smallest absolute Gasteiger partial charge is 0.176 e. The van der Waals surface area contributed by atoms with Crippen molar-refractivity contribution >= 4 is 10.8 Å². The average molecular weight is 235 g/mol. The first-order valence-electron chi connectivity index (χ1n) is 6.04. The summed E-state index contributed by atoms with van der Waals surface area (Å²) in [6, 6.07) is 10.7. The predicted octanol–water partition coefficient (Wildman–Crippen LogP) is 3.03. The number of hydrogen-bond acceptors (Lipinski definition) is 1. The molecule has 0 saturated heterocycles. The summed E-state index contributed by atoms with van der Waals surface area (Å²) in [6.45, 7) is 2.15. The van der Waals surface area contributed by atoms with Gasteiger partial charge in [-0.3, -0.25) is 4.98 Å². The van der Waals surface area contributed by atoms with Crippen LogP contribution in [-0.4, -0.2) is 4.98 Å². The summed E-state index contributed by atoms with van der Waals surface area (Å²) in [4.78, 5) is 4.06. The molecule has 2 heteroatoms. The molecule has 0 aliphatic carbocycles. The number of fused-ring (bicyclic) bond motifs is 1. The minimum absolute atomic E-state index is 1.20. The van der Waals surface area contributed by atoms with Crippen molar-refractivity contribution in [3.8, 4) is 11.1 Å². The topological polar surface area (TPSA) is 16.8 Å². The molecule has 0 radical (unpaired) electrons. The average Bonchev–Trinajstić information content (AvgIpc) is 2.39. The van der Waals surface area contributed by atoms with Crippen molar-refractivity contribution in [2.24, 2.45) is 7.05 Å². The molecule has 0 fully saturated rings. The number of hydrogen-bond donors (Lipinski definition) is 0. The molecule has 0 bridgehead atoms. The highest BCUT2D eigenvalue weighted by Crippen LogP contribution is 2.24. The first-order chi connectivity index (χ1) is 8.74. The Labute approximate surface area is 107 Å². The molecule has 0 aliphatic rings. The van der Waals surface area contributed by atoms with E-state index in [9.17, 15) is 0 Å². The lowest BCUT2D eigenvalue weighted by Gasteiger charge is -2.04. The molecule has 0 amide bonds. The van der Waals surface area contributed by atoms with E-state index >= 15 is 0 Å². The minimum atomic E-state index is 1.20. The van der Waals surface area contributed by atoms with Crippen LogP contribution in [0, 0.1) is 6.92 Å². The van der Waals surface area contributed by atoms with Crippen LogP contribution in [0.4, 0.5) is 0 Å². The molecule has 0 unspecified atom stereocenters. The van der Waals surface area contributed by atoms with Gasteiger partial charge in [0.25, 0.3) is 0 Å². The van der Waals surface area contributed by atoms with Crippen molar-refractivity contribution in [2.75, 3.05) is 0 Å². The zero-order chi connectivity index (χ0) is 12.5. The maximum Gasteiger partial charge on any atom is 0.176 e. The van der Waals surface area contributed by atoms with Crippen molar-refractivity contribution < 1.29 is 4.57 Å². The second-order valence-corrected chi connectivity index (χ2v) is 4.64. The lowest BCUT2D eigenvalue weighted by atomic mass is 10.0. The van der Waals surface area contributed by atoms with Crippen molar-refractivity contribution in [1.82, 2.24) is 4.98 Å². The van der Waals surface area contributed by atoms with E-state index in [-0.39, 0.29) is 0 Å². The van der Waals surface area contributed by atoms with E-state index < -0.39 is 0 Å². The molecule has 88 valence electrons. The van der Waals surface area contributed by atoms with Crippen molar-refractivity contribution in [1.29, 1.82) is 0 Å². The largest absolute Gasteiger partial charge is 0.265 e. The van der Waals surface area contributed by atoms with Gasteiger partial charge in [0.2, 0.25) is 0 Å². The molecule has 2 nitrogen and oxygen atoms in total. The lowest BCUT2D eigenvalue weighted by Crippen LogP contribution is -2.26. The van der Waals surface area contributed by atoms with Gasteiger partial charge in [-0.1, -0.05) is 12.1 Å². The molecule has 3 rings (SSSR count). The van der Waals surface area contributed by atoms with Crippen LogP contribution in [0.15, 0.2) is 55.1 Å². The highest BCUT2D eigenvalue weighted by atomic mass is 14.9. The molecule has 2 aromatic heterocycles. The lowest BCUT2D eigenvalue weighted by molar-refractivity contribution is -0.670. The third-order valence-corrected chi connectivity index (χ3v) is 3.23. The van der Waals surface area contributed by atoms with E-state index in [1.165, 1.54) is 27.5 Å². The molecule has 0 N–H and O–H groups in total. The van der Waals surface area contributed by atoms with E-state index in [4.69, 9.17) is 0 Å². The van der Waals surface area contributed by atoms with E-state index in [1.807, 2.05) is 24.5 Å². The van der Waals surface area contributed by atoms with Gasteiger partial charge in [0.05, 0.1) is 0 Å². The molecule has 0 aliphatic heterocycles. The summed E-state index contributed by atoms with van der Waals surface area (Å²) in [5.74, 6) is 0. The molecular weight excluding hydrogens is 220 g/mol. The summed E-state index contributed by atoms with van der Waals surface area (Å²) in [5, 5.41) is 2.58. The Balaban J connectivity index is 2.23. The molecule has 0 saturated carbocycles. The number of aromatic nitrogens is 2. The van der Waals surface area contributed by atoms with Crippen LogP contribution < -0.4 is 4.57 Å². The quantitative estimate of drug-likeness (QED) is 0.592. The number of pyridine rings is 2. The van der Waals surface area contributed by atoms with Gasteiger partial charge in [-0.05, 0) is 41.6 Å². The van der Waals surface area contributed by atoms with Gasteiger partial charge < -0.3 is 0 Å². The fraction of sp³-hybridized carbons (Fsp3) is 0.125. The Morgan fingerprint density at radius 1 is 0.944 bits per heavy atom. The molecule has 0 atom stereocenters. The van der Waals surface area contributed by atoms with E-state index in [1.54, 1.807) is 0 Å². The second kappa shape index (κ2) is 4.22. The zero-order valence-corrected chi connectivity index (χ0v) is 10.6. The summed E-state index contributed by atoms with van der Waals surface area (Å²) >= 11 is 0. The van der Waals surface area contributed by atoms with Crippen LogP contribution in [0.5, 0.6) is 0 Å². The second-order valence-electron chi connectivity index (χ2n) is 4.64. The van der Waals surface area contributed by atoms with Gasteiger partial charge in [0.1, 0.15) is 7.05 Å². The summed E-state index contributed by atoms with van der Waals surface area (Å²) in [6.07, 6.45) is 7.97. The Morgan fingerprint density at radius 3 is 2.50 bits per heavy atom. The number of nitrogens with zero attached hydrogens (tertiary/aromatic N) is 2. The number of rotatable bonds is 1. The highest BCUT2D eigenvalue weighted by molar-refractivity contribution is 5.88. The van der Waals surface area contributed by atoms with Crippen molar-refractivity contribution in [3.63, 3.8) is 0 Å². The summed E-state index contributed by atoms with van der Waals surface area (Å²) < 4.78 is 2.11. The predicted molar refractivity (Wildman–Crippen MR) is 73.1 cm³/mol. The first kappa shape index (κ1) is 10.9.